The van der Waals surface area contributed by atoms with Crippen molar-refractivity contribution >= 4 is 11.6 Å². The molecule has 0 amide bonds. The number of ether oxygens (including phenoxy) is 1. The predicted molar refractivity (Wildman–Crippen MR) is 70.4 cm³/mol. The van der Waals surface area contributed by atoms with Gasteiger partial charge in [0, 0.05) is 13.7 Å². The van der Waals surface area contributed by atoms with E-state index < -0.39 is 0 Å². The molecule has 1 aromatic heterocycles. The normalized spacial score (nSPS) is 14.9. The highest BCUT2D eigenvalue weighted by Gasteiger charge is 2.20. The van der Waals surface area contributed by atoms with Crippen molar-refractivity contribution in [3.63, 3.8) is 0 Å². The van der Waals surface area contributed by atoms with Crippen molar-refractivity contribution in [1.82, 2.24) is 15.1 Å². The molecule has 1 rings (SSSR count). The van der Waals surface area contributed by atoms with Crippen LogP contribution in [0.1, 0.15) is 38.4 Å². The Morgan fingerprint density at radius 1 is 1.59 bits per heavy atom. The van der Waals surface area contributed by atoms with Crippen LogP contribution in [0.4, 0.5) is 0 Å². The minimum Gasteiger partial charge on any atom is -0.382 e. The number of halogens is 1. The zero-order valence-electron chi connectivity index (χ0n) is 11.0. The van der Waals surface area contributed by atoms with Gasteiger partial charge in [0.2, 0.25) is 0 Å². The molecule has 2 atom stereocenters. The van der Waals surface area contributed by atoms with Crippen LogP contribution in [0.5, 0.6) is 0 Å². The summed E-state index contributed by atoms with van der Waals surface area (Å²) < 4.78 is 7.29. The van der Waals surface area contributed by atoms with Gasteiger partial charge in [0.1, 0.15) is 0 Å². The maximum atomic E-state index is 6.22. The Morgan fingerprint density at radius 2 is 2.29 bits per heavy atom. The minimum atomic E-state index is 0.173. The van der Waals surface area contributed by atoms with E-state index in [4.69, 9.17) is 16.3 Å². The molecule has 5 heteroatoms. The van der Waals surface area contributed by atoms with Crippen LogP contribution < -0.4 is 5.32 Å². The quantitative estimate of drug-likeness (QED) is 0.818. The Bertz CT molecular complexity index is 340. The average Bonchev–Trinajstić information content (AvgIpc) is 2.68. The molecule has 1 aromatic rings. The average molecular weight is 260 g/mol. The molecule has 0 saturated heterocycles. The van der Waals surface area contributed by atoms with E-state index in [0.29, 0.717) is 0 Å². The molecule has 0 aromatic carbocycles. The van der Waals surface area contributed by atoms with E-state index in [1.54, 1.807) is 13.3 Å². The third-order valence-corrected chi connectivity index (χ3v) is 3.21. The SMILES string of the molecule is CCCn1ncc(Cl)c1C(CC(C)OC)NC. The summed E-state index contributed by atoms with van der Waals surface area (Å²) in [7, 11) is 3.66. The highest BCUT2D eigenvalue weighted by atomic mass is 35.5. The van der Waals surface area contributed by atoms with Crippen LogP contribution in [0.15, 0.2) is 6.20 Å². The summed E-state index contributed by atoms with van der Waals surface area (Å²) in [6.07, 6.45) is 3.83. The van der Waals surface area contributed by atoms with Crippen molar-refractivity contribution in [2.45, 2.75) is 45.4 Å². The van der Waals surface area contributed by atoms with Crippen LogP contribution in [0, 0.1) is 0 Å². The minimum absolute atomic E-state index is 0.173. The molecule has 1 N–H and O–H groups in total. The molecular formula is C12H22ClN3O. The van der Waals surface area contributed by atoms with Gasteiger partial charge in [-0.3, -0.25) is 4.68 Å². The standard InChI is InChI=1S/C12H22ClN3O/c1-5-6-16-12(10(13)8-15-16)11(14-3)7-9(2)17-4/h8-9,11,14H,5-7H2,1-4H3. The predicted octanol–water partition coefficient (Wildman–Crippen LogP) is 2.63. The molecule has 0 aliphatic carbocycles. The number of rotatable bonds is 7. The fourth-order valence-electron chi connectivity index (χ4n) is 1.90. The third kappa shape index (κ3) is 3.69. The van der Waals surface area contributed by atoms with Crippen molar-refractivity contribution in [3.8, 4) is 0 Å². The molecule has 17 heavy (non-hydrogen) atoms. The fraction of sp³-hybridized carbons (Fsp3) is 0.750. The topological polar surface area (TPSA) is 39.1 Å². The van der Waals surface area contributed by atoms with Gasteiger partial charge >= 0.3 is 0 Å². The van der Waals surface area contributed by atoms with Gasteiger partial charge < -0.3 is 10.1 Å². The van der Waals surface area contributed by atoms with E-state index >= 15 is 0 Å². The largest absolute Gasteiger partial charge is 0.382 e. The number of hydrogen-bond acceptors (Lipinski definition) is 3. The summed E-state index contributed by atoms with van der Waals surface area (Å²) in [5.74, 6) is 0. The number of nitrogens with one attached hydrogen (secondary N) is 1. The zero-order valence-corrected chi connectivity index (χ0v) is 11.8. The van der Waals surface area contributed by atoms with Gasteiger partial charge in [-0.2, -0.15) is 5.10 Å². The first kappa shape index (κ1) is 14.5. The molecule has 0 bridgehead atoms. The number of methoxy groups -OCH3 is 1. The molecule has 0 aliphatic heterocycles. The Morgan fingerprint density at radius 3 is 2.82 bits per heavy atom. The first-order valence-corrected chi connectivity index (χ1v) is 6.43. The Balaban J connectivity index is 2.89. The summed E-state index contributed by atoms with van der Waals surface area (Å²) >= 11 is 6.22. The third-order valence-electron chi connectivity index (χ3n) is 2.92. The Hall–Kier alpha value is -0.580. The summed E-state index contributed by atoms with van der Waals surface area (Å²) in [6.45, 7) is 5.08. The highest BCUT2D eigenvalue weighted by Crippen LogP contribution is 2.26. The van der Waals surface area contributed by atoms with Gasteiger partial charge in [0.05, 0.1) is 29.1 Å². The van der Waals surface area contributed by atoms with Crippen molar-refractivity contribution in [3.05, 3.63) is 16.9 Å². The molecule has 98 valence electrons. The summed E-state index contributed by atoms with van der Waals surface area (Å²) in [6, 6.07) is 0.173. The van der Waals surface area contributed by atoms with E-state index in [1.165, 1.54) is 0 Å². The molecule has 0 spiro atoms. The van der Waals surface area contributed by atoms with Crippen molar-refractivity contribution < 1.29 is 4.74 Å². The van der Waals surface area contributed by atoms with E-state index in [2.05, 4.69) is 24.3 Å². The molecule has 2 unspecified atom stereocenters. The van der Waals surface area contributed by atoms with Gasteiger partial charge in [0.25, 0.3) is 0 Å². The van der Waals surface area contributed by atoms with Gasteiger partial charge in [-0.05, 0) is 26.8 Å². The zero-order chi connectivity index (χ0) is 12.8. The first-order chi connectivity index (χ1) is 8.13. The van der Waals surface area contributed by atoms with Gasteiger partial charge in [-0.1, -0.05) is 18.5 Å². The smallest absolute Gasteiger partial charge is 0.0834 e. The summed E-state index contributed by atoms with van der Waals surface area (Å²) in [5.41, 5.74) is 1.06. The van der Waals surface area contributed by atoms with Gasteiger partial charge in [-0.25, -0.2) is 0 Å². The van der Waals surface area contributed by atoms with Crippen LogP contribution in [0.3, 0.4) is 0 Å². The lowest BCUT2D eigenvalue weighted by atomic mass is 10.1. The van der Waals surface area contributed by atoms with Crippen LogP contribution in [-0.2, 0) is 11.3 Å². The Labute approximate surface area is 108 Å². The molecular weight excluding hydrogens is 238 g/mol. The van der Waals surface area contributed by atoms with E-state index in [-0.39, 0.29) is 12.1 Å². The van der Waals surface area contributed by atoms with E-state index in [0.717, 1.165) is 30.1 Å². The van der Waals surface area contributed by atoms with Crippen LogP contribution in [0.2, 0.25) is 5.02 Å². The van der Waals surface area contributed by atoms with Crippen LogP contribution >= 0.6 is 11.6 Å². The molecule has 0 aliphatic rings. The number of hydrogen-bond donors (Lipinski definition) is 1. The second-order valence-corrected chi connectivity index (χ2v) is 4.63. The lowest BCUT2D eigenvalue weighted by Gasteiger charge is -2.21. The molecule has 0 saturated carbocycles. The molecule has 4 nitrogen and oxygen atoms in total. The number of nitrogens with zero attached hydrogens (tertiary/aromatic N) is 2. The van der Waals surface area contributed by atoms with E-state index in [1.807, 2.05) is 11.7 Å². The highest BCUT2D eigenvalue weighted by molar-refractivity contribution is 6.31. The van der Waals surface area contributed by atoms with Gasteiger partial charge in [0.15, 0.2) is 0 Å². The van der Waals surface area contributed by atoms with E-state index in [9.17, 15) is 0 Å². The second-order valence-electron chi connectivity index (χ2n) is 4.22. The van der Waals surface area contributed by atoms with Crippen molar-refractivity contribution in [2.75, 3.05) is 14.2 Å². The monoisotopic (exact) mass is 259 g/mol. The molecule has 0 fully saturated rings. The maximum Gasteiger partial charge on any atom is 0.0834 e. The van der Waals surface area contributed by atoms with Crippen LogP contribution in [0.25, 0.3) is 0 Å². The van der Waals surface area contributed by atoms with Gasteiger partial charge in [-0.15, -0.1) is 0 Å². The van der Waals surface area contributed by atoms with Crippen LogP contribution in [-0.4, -0.2) is 30.0 Å². The maximum absolute atomic E-state index is 6.22. The van der Waals surface area contributed by atoms with Crippen molar-refractivity contribution in [2.24, 2.45) is 0 Å². The molecule has 1 heterocycles. The Kier molecular flexibility index (Phi) is 5.95. The summed E-state index contributed by atoms with van der Waals surface area (Å²) in [5, 5.41) is 8.32. The summed E-state index contributed by atoms with van der Waals surface area (Å²) in [4.78, 5) is 0. The molecule has 0 radical (unpaired) electrons. The second kappa shape index (κ2) is 6.99. The number of aromatic nitrogens is 2. The number of aryl methyl sites for hydroxylation is 1. The fourth-order valence-corrected chi connectivity index (χ4v) is 2.18. The van der Waals surface area contributed by atoms with Crippen molar-refractivity contribution in [1.29, 1.82) is 0 Å². The lowest BCUT2D eigenvalue weighted by molar-refractivity contribution is 0.100. The first-order valence-electron chi connectivity index (χ1n) is 6.05. The lowest BCUT2D eigenvalue weighted by Crippen LogP contribution is -2.25.